The van der Waals surface area contributed by atoms with Crippen LogP contribution >= 0.6 is 11.6 Å². The average Bonchev–Trinajstić information content (AvgIpc) is 2.61. The van der Waals surface area contributed by atoms with E-state index in [1.54, 1.807) is 6.21 Å². The van der Waals surface area contributed by atoms with Crippen LogP contribution in [0.1, 0.15) is 28.7 Å². The van der Waals surface area contributed by atoms with Gasteiger partial charge in [0.25, 0.3) is 5.91 Å². The van der Waals surface area contributed by atoms with E-state index in [4.69, 9.17) is 16.3 Å². The highest BCUT2D eigenvalue weighted by Crippen LogP contribution is 2.32. The van der Waals surface area contributed by atoms with Crippen LogP contribution in [0.3, 0.4) is 0 Å². The predicted molar refractivity (Wildman–Crippen MR) is 106 cm³/mol. The summed E-state index contributed by atoms with van der Waals surface area (Å²) < 4.78 is 5.52. The van der Waals surface area contributed by atoms with Crippen molar-refractivity contribution in [3.63, 3.8) is 0 Å². The molecule has 0 spiro atoms. The van der Waals surface area contributed by atoms with Gasteiger partial charge in [-0.05, 0) is 66.6 Å². The molecule has 134 valence electrons. The van der Waals surface area contributed by atoms with Gasteiger partial charge in [-0.2, -0.15) is 5.10 Å². The van der Waals surface area contributed by atoms with Crippen LogP contribution in [-0.4, -0.2) is 18.7 Å². The molecule has 0 aliphatic heterocycles. The highest BCUT2D eigenvalue weighted by atomic mass is 35.5. The highest BCUT2D eigenvalue weighted by Gasteiger charge is 2.15. The molecule has 3 rings (SSSR count). The first-order valence-corrected chi connectivity index (χ1v) is 8.90. The summed E-state index contributed by atoms with van der Waals surface area (Å²) in [6, 6.07) is 13.9. The zero-order chi connectivity index (χ0) is 18.5. The largest absolute Gasteiger partial charge is 0.484 e. The van der Waals surface area contributed by atoms with E-state index in [2.05, 4.69) is 22.7 Å². The lowest BCUT2D eigenvalue weighted by atomic mass is 9.92. The number of aryl methyl sites for hydroxylation is 3. The number of hydrazone groups is 1. The van der Waals surface area contributed by atoms with Crippen LogP contribution in [0.5, 0.6) is 5.75 Å². The highest BCUT2D eigenvalue weighted by molar-refractivity contribution is 6.50. The second-order valence-corrected chi connectivity index (χ2v) is 6.78. The van der Waals surface area contributed by atoms with E-state index in [1.165, 1.54) is 5.56 Å². The van der Waals surface area contributed by atoms with Gasteiger partial charge in [0.05, 0.1) is 11.2 Å². The Bertz CT molecular complexity index is 867. The van der Waals surface area contributed by atoms with Crippen molar-refractivity contribution in [1.82, 2.24) is 5.43 Å². The van der Waals surface area contributed by atoms with Gasteiger partial charge < -0.3 is 4.74 Å². The van der Waals surface area contributed by atoms with Crippen molar-refractivity contribution in [2.24, 2.45) is 5.10 Å². The van der Waals surface area contributed by atoms with Crippen molar-refractivity contribution >= 4 is 28.8 Å². The summed E-state index contributed by atoms with van der Waals surface area (Å²) in [6.45, 7) is 3.89. The van der Waals surface area contributed by atoms with Crippen LogP contribution in [0.25, 0.3) is 5.03 Å². The minimum absolute atomic E-state index is 0.0875. The molecule has 1 N–H and O–H groups in total. The summed E-state index contributed by atoms with van der Waals surface area (Å²) >= 11 is 6.45. The van der Waals surface area contributed by atoms with Crippen LogP contribution in [0, 0.1) is 13.8 Å². The molecule has 1 aliphatic carbocycles. The molecule has 5 heteroatoms. The average molecular weight is 369 g/mol. The molecule has 0 aromatic heterocycles. The van der Waals surface area contributed by atoms with Crippen molar-refractivity contribution < 1.29 is 9.53 Å². The fourth-order valence-electron chi connectivity index (χ4n) is 3.01. The second-order valence-electron chi connectivity index (χ2n) is 6.40. The molecule has 0 saturated carbocycles. The van der Waals surface area contributed by atoms with Crippen LogP contribution in [0.2, 0.25) is 0 Å². The molecule has 0 radical (unpaired) electrons. The Labute approximate surface area is 158 Å². The standard InChI is InChI=1S/C21H21ClN2O2/c1-14-9-15(2)11-18(10-14)26-13-20(25)24-23-12-17-8-7-16-5-3-4-6-19(16)21(17)22/h3-6,9-12H,7-8,13H2,1-2H3,(H,24,25)/b23-12+. The number of allylic oxidation sites excluding steroid dienone is 1. The molecule has 1 aliphatic rings. The van der Waals surface area contributed by atoms with E-state index < -0.39 is 0 Å². The van der Waals surface area contributed by atoms with Crippen molar-refractivity contribution in [3.05, 3.63) is 70.3 Å². The fraction of sp³-hybridized carbons (Fsp3) is 0.238. The summed E-state index contributed by atoms with van der Waals surface area (Å²) in [5.41, 5.74) is 7.86. The first kappa shape index (κ1) is 18.2. The maximum Gasteiger partial charge on any atom is 0.277 e. The smallest absolute Gasteiger partial charge is 0.277 e. The quantitative estimate of drug-likeness (QED) is 0.629. The lowest BCUT2D eigenvalue weighted by Gasteiger charge is -2.17. The van der Waals surface area contributed by atoms with Crippen molar-refractivity contribution in [2.75, 3.05) is 6.61 Å². The number of carbonyl (C=O) groups is 1. The fourth-order valence-corrected chi connectivity index (χ4v) is 3.33. The van der Waals surface area contributed by atoms with E-state index in [1.807, 2.05) is 44.2 Å². The number of nitrogens with zero attached hydrogens (tertiary/aromatic N) is 1. The number of rotatable bonds is 5. The molecular weight excluding hydrogens is 348 g/mol. The monoisotopic (exact) mass is 368 g/mol. The van der Waals surface area contributed by atoms with Gasteiger partial charge in [-0.15, -0.1) is 0 Å². The molecule has 26 heavy (non-hydrogen) atoms. The van der Waals surface area contributed by atoms with Gasteiger partial charge >= 0.3 is 0 Å². The summed E-state index contributed by atoms with van der Waals surface area (Å²) in [4.78, 5) is 11.9. The van der Waals surface area contributed by atoms with Crippen LogP contribution in [0.15, 0.2) is 53.1 Å². The normalized spacial score (nSPS) is 13.7. The molecule has 0 atom stereocenters. The van der Waals surface area contributed by atoms with Gasteiger partial charge in [-0.25, -0.2) is 5.43 Å². The third kappa shape index (κ3) is 4.52. The van der Waals surface area contributed by atoms with E-state index in [0.29, 0.717) is 10.8 Å². The number of nitrogens with one attached hydrogen (secondary N) is 1. The van der Waals surface area contributed by atoms with Crippen LogP contribution in [-0.2, 0) is 11.2 Å². The van der Waals surface area contributed by atoms with E-state index >= 15 is 0 Å². The summed E-state index contributed by atoms with van der Waals surface area (Å²) in [5.74, 6) is 0.365. The van der Waals surface area contributed by atoms with Crippen molar-refractivity contribution in [1.29, 1.82) is 0 Å². The van der Waals surface area contributed by atoms with Gasteiger partial charge in [0.1, 0.15) is 5.75 Å². The topological polar surface area (TPSA) is 50.7 Å². The Balaban J connectivity index is 1.56. The van der Waals surface area contributed by atoms with Gasteiger partial charge in [-0.3, -0.25) is 4.79 Å². The number of ether oxygens (including phenoxy) is 1. The molecular formula is C21H21ClN2O2. The summed E-state index contributed by atoms with van der Waals surface area (Å²) in [7, 11) is 0. The predicted octanol–water partition coefficient (Wildman–Crippen LogP) is 4.38. The van der Waals surface area contributed by atoms with Crippen molar-refractivity contribution in [3.8, 4) is 5.75 Å². The van der Waals surface area contributed by atoms with Gasteiger partial charge in [0, 0.05) is 0 Å². The number of fused-ring (bicyclic) bond motifs is 1. The molecule has 0 saturated heterocycles. The molecule has 0 bridgehead atoms. The van der Waals surface area contributed by atoms with Crippen molar-refractivity contribution in [2.45, 2.75) is 26.7 Å². The number of halogens is 1. The Morgan fingerprint density at radius 2 is 1.92 bits per heavy atom. The minimum Gasteiger partial charge on any atom is -0.484 e. The number of benzene rings is 2. The van der Waals surface area contributed by atoms with E-state index in [-0.39, 0.29) is 12.5 Å². The number of amides is 1. The first-order chi connectivity index (χ1) is 12.5. The zero-order valence-electron chi connectivity index (χ0n) is 14.9. The maximum atomic E-state index is 11.9. The molecule has 2 aromatic carbocycles. The Morgan fingerprint density at radius 3 is 2.69 bits per heavy atom. The number of hydrogen-bond donors (Lipinski definition) is 1. The van der Waals surface area contributed by atoms with Gasteiger partial charge in [-0.1, -0.05) is 41.9 Å². The first-order valence-electron chi connectivity index (χ1n) is 8.53. The summed E-state index contributed by atoms with van der Waals surface area (Å²) in [5, 5.41) is 4.71. The summed E-state index contributed by atoms with van der Waals surface area (Å²) in [6.07, 6.45) is 3.33. The number of carbonyl (C=O) groups excluding carboxylic acids is 1. The van der Waals surface area contributed by atoms with E-state index in [0.717, 1.165) is 35.1 Å². The lowest BCUT2D eigenvalue weighted by Crippen LogP contribution is -2.24. The minimum atomic E-state index is -0.312. The molecule has 0 unspecified atom stereocenters. The Morgan fingerprint density at radius 1 is 1.19 bits per heavy atom. The second kappa shape index (κ2) is 8.19. The Kier molecular flexibility index (Phi) is 5.74. The molecule has 0 fully saturated rings. The zero-order valence-corrected chi connectivity index (χ0v) is 15.6. The third-order valence-electron chi connectivity index (χ3n) is 4.17. The molecule has 4 nitrogen and oxygen atoms in total. The lowest BCUT2D eigenvalue weighted by molar-refractivity contribution is -0.123. The molecule has 1 amide bonds. The van der Waals surface area contributed by atoms with Gasteiger partial charge in [0.2, 0.25) is 0 Å². The Hall–Kier alpha value is -2.59. The molecule has 0 heterocycles. The van der Waals surface area contributed by atoms with Crippen LogP contribution < -0.4 is 10.2 Å². The molecule has 2 aromatic rings. The number of hydrogen-bond acceptors (Lipinski definition) is 3. The maximum absolute atomic E-state index is 11.9. The van der Waals surface area contributed by atoms with Crippen LogP contribution in [0.4, 0.5) is 0 Å². The van der Waals surface area contributed by atoms with Gasteiger partial charge in [0.15, 0.2) is 6.61 Å². The van der Waals surface area contributed by atoms with E-state index in [9.17, 15) is 4.79 Å². The SMILES string of the molecule is Cc1cc(C)cc(OCC(=O)N/N=C/C2=C(Cl)c3ccccc3CC2)c1. The third-order valence-corrected chi connectivity index (χ3v) is 4.62.